The van der Waals surface area contributed by atoms with E-state index in [4.69, 9.17) is 9.47 Å². The molecule has 1 heterocycles. The van der Waals surface area contributed by atoms with Crippen LogP contribution in [0.3, 0.4) is 0 Å². The highest BCUT2D eigenvalue weighted by atomic mass is 79.9. The zero-order valence-electron chi connectivity index (χ0n) is 10.7. The summed E-state index contributed by atoms with van der Waals surface area (Å²) >= 11 is 2.99. The van der Waals surface area contributed by atoms with Crippen LogP contribution in [0.25, 0.3) is 0 Å². The highest BCUT2D eigenvalue weighted by Gasteiger charge is 2.45. The molecule has 106 valence electrons. The molecule has 7 heteroatoms. The summed E-state index contributed by atoms with van der Waals surface area (Å²) in [5, 5.41) is 0.0299. The smallest absolute Gasteiger partial charge is 0.410 e. The number of alkyl halides is 3. The van der Waals surface area contributed by atoms with E-state index in [1.54, 1.807) is 20.8 Å². The number of nitrogens with zero attached hydrogens (tertiary/aromatic N) is 1. The van der Waals surface area contributed by atoms with Crippen molar-refractivity contribution in [1.82, 2.24) is 4.90 Å². The summed E-state index contributed by atoms with van der Waals surface area (Å²) in [5.74, 6) is -3.09. The Kier molecular flexibility index (Phi) is 4.94. The van der Waals surface area contributed by atoms with Crippen LogP contribution >= 0.6 is 15.9 Å². The Hall–Kier alpha value is -0.430. The molecule has 0 aromatic heterocycles. The number of carbonyl (C=O) groups is 1. The fraction of sp³-hybridized carbons (Fsp3) is 0.909. The summed E-state index contributed by atoms with van der Waals surface area (Å²) < 4.78 is 37.6. The third-order valence-corrected chi connectivity index (χ3v) is 2.93. The Bertz CT molecular complexity index is 307. The number of amides is 1. The van der Waals surface area contributed by atoms with E-state index in [-0.39, 0.29) is 18.5 Å². The first-order valence-corrected chi connectivity index (χ1v) is 6.81. The maximum atomic E-state index is 13.8. The Morgan fingerprint density at radius 1 is 1.56 bits per heavy atom. The molecule has 0 aliphatic carbocycles. The van der Waals surface area contributed by atoms with Gasteiger partial charge in [-0.2, -0.15) is 0 Å². The predicted molar refractivity (Wildman–Crippen MR) is 66.3 cm³/mol. The highest BCUT2D eigenvalue weighted by molar-refractivity contribution is 9.09. The second-order valence-electron chi connectivity index (χ2n) is 5.18. The molecule has 1 unspecified atom stereocenters. The lowest BCUT2D eigenvalue weighted by Gasteiger charge is -2.28. The summed E-state index contributed by atoms with van der Waals surface area (Å²) in [4.78, 5) is 12.7. The van der Waals surface area contributed by atoms with Gasteiger partial charge in [0.15, 0.2) is 0 Å². The Balaban J connectivity index is 2.71. The molecule has 4 nitrogen and oxygen atoms in total. The monoisotopic (exact) mass is 329 g/mol. The molecular weight excluding hydrogens is 312 g/mol. The minimum Gasteiger partial charge on any atom is -0.444 e. The molecule has 1 aliphatic heterocycles. The molecule has 0 spiro atoms. The fourth-order valence-corrected chi connectivity index (χ4v) is 2.16. The number of carbonyl (C=O) groups excluding carboxylic acids is 1. The molecule has 1 saturated heterocycles. The molecule has 0 bridgehead atoms. The number of rotatable bonds is 1. The lowest BCUT2D eigenvalue weighted by molar-refractivity contribution is -0.115. The summed E-state index contributed by atoms with van der Waals surface area (Å²) in [6.45, 7) is 4.58. The Morgan fingerprint density at radius 3 is 2.67 bits per heavy atom. The van der Waals surface area contributed by atoms with Crippen LogP contribution in [-0.2, 0) is 9.47 Å². The van der Waals surface area contributed by atoms with Crippen molar-refractivity contribution in [2.24, 2.45) is 0 Å². The third kappa shape index (κ3) is 4.35. The number of ether oxygens (including phenoxy) is 2. The quantitative estimate of drug-likeness (QED) is 0.694. The Labute approximate surface area is 114 Å². The highest BCUT2D eigenvalue weighted by Crippen LogP contribution is 2.27. The molecule has 1 fully saturated rings. The standard InChI is InChI=1S/C11H18BrF2NO3/c1-10(2,3)18-9(16)15-4-5-17-8(6-12)11(13,14)7-15/h8H,4-7H2,1-3H3. The van der Waals surface area contributed by atoms with Crippen LogP contribution in [0.4, 0.5) is 13.6 Å². The lowest BCUT2D eigenvalue weighted by Crippen LogP contribution is -2.47. The van der Waals surface area contributed by atoms with Gasteiger partial charge in [-0.05, 0) is 20.8 Å². The topological polar surface area (TPSA) is 38.8 Å². The van der Waals surface area contributed by atoms with E-state index >= 15 is 0 Å². The van der Waals surface area contributed by atoms with Crippen molar-refractivity contribution < 1.29 is 23.0 Å². The SMILES string of the molecule is CC(C)(C)OC(=O)N1CCOC(CBr)C(F)(F)C1. The van der Waals surface area contributed by atoms with Crippen molar-refractivity contribution in [3.05, 3.63) is 0 Å². The van der Waals surface area contributed by atoms with Gasteiger partial charge in [-0.3, -0.25) is 4.90 Å². The van der Waals surface area contributed by atoms with Gasteiger partial charge in [0.05, 0.1) is 13.2 Å². The van der Waals surface area contributed by atoms with Crippen LogP contribution in [0.5, 0.6) is 0 Å². The largest absolute Gasteiger partial charge is 0.444 e. The molecule has 1 amide bonds. The average Bonchev–Trinajstić information content (AvgIpc) is 2.33. The second kappa shape index (κ2) is 5.69. The number of hydrogen-bond donors (Lipinski definition) is 0. The van der Waals surface area contributed by atoms with E-state index in [0.29, 0.717) is 0 Å². The van der Waals surface area contributed by atoms with Crippen LogP contribution in [-0.4, -0.2) is 53.6 Å². The van der Waals surface area contributed by atoms with Crippen molar-refractivity contribution in [3.63, 3.8) is 0 Å². The van der Waals surface area contributed by atoms with Crippen molar-refractivity contribution in [3.8, 4) is 0 Å². The van der Waals surface area contributed by atoms with Gasteiger partial charge < -0.3 is 9.47 Å². The third-order valence-electron chi connectivity index (χ3n) is 2.34. The van der Waals surface area contributed by atoms with Crippen LogP contribution in [0.15, 0.2) is 0 Å². The first kappa shape index (κ1) is 15.6. The summed E-state index contributed by atoms with van der Waals surface area (Å²) in [6.07, 6.45) is -1.95. The van der Waals surface area contributed by atoms with E-state index in [9.17, 15) is 13.6 Å². The molecule has 1 atom stereocenters. The number of halogens is 3. The van der Waals surface area contributed by atoms with Crippen molar-refractivity contribution in [2.45, 2.75) is 38.4 Å². The van der Waals surface area contributed by atoms with Crippen LogP contribution in [0.1, 0.15) is 20.8 Å². The molecule has 1 rings (SSSR count). The van der Waals surface area contributed by atoms with Crippen LogP contribution in [0, 0.1) is 0 Å². The molecule has 0 N–H and O–H groups in total. The maximum absolute atomic E-state index is 13.8. The molecule has 18 heavy (non-hydrogen) atoms. The lowest BCUT2D eigenvalue weighted by atomic mass is 10.2. The summed E-state index contributed by atoms with van der Waals surface area (Å²) in [6, 6.07) is 0. The van der Waals surface area contributed by atoms with Crippen LogP contribution < -0.4 is 0 Å². The van der Waals surface area contributed by atoms with Gasteiger partial charge in [0.25, 0.3) is 5.92 Å². The molecule has 0 aromatic carbocycles. The van der Waals surface area contributed by atoms with Crippen molar-refractivity contribution in [1.29, 1.82) is 0 Å². The van der Waals surface area contributed by atoms with Gasteiger partial charge in [0.1, 0.15) is 11.7 Å². The zero-order chi connectivity index (χ0) is 14.0. The molecule has 0 radical (unpaired) electrons. The first-order chi connectivity index (χ1) is 8.15. The maximum Gasteiger partial charge on any atom is 0.410 e. The van der Waals surface area contributed by atoms with Gasteiger partial charge in [0.2, 0.25) is 0 Å². The Morgan fingerprint density at radius 2 is 2.17 bits per heavy atom. The van der Waals surface area contributed by atoms with E-state index in [0.717, 1.165) is 4.90 Å². The average molecular weight is 330 g/mol. The van der Waals surface area contributed by atoms with E-state index in [1.807, 2.05) is 0 Å². The summed E-state index contributed by atoms with van der Waals surface area (Å²) in [5.41, 5.74) is -0.700. The minimum atomic E-state index is -3.09. The van der Waals surface area contributed by atoms with Crippen LogP contribution in [0.2, 0.25) is 0 Å². The molecular formula is C11H18BrF2NO3. The van der Waals surface area contributed by atoms with E-state index < -0.39 is 30.3 Å². The minimum absolute atomic E-state index is 0.0299. The first-order valence-electron chi connectivity index (χ1n) is 5.69. The second-order valence-corrected chi connectivity index (χ2v) is 5.82. The summed E-state index contributed by atoms with van der Waals surface area (Å²) in [7, 11) is 0. The van der Waals surface area contributed by atoms with Gasteiger partial charge in [-0.25, -0.2) is 13.6 Å². The van der Waals surface area contributed by atoms with Gasteiger partial charge in [-0.15, -0.1) is 0 Å². The van der Waals surface area contributed by atoms with Gasteiger partial charge in [0, 0.05) is 11.9 Å². The molecule has 0 saturated carbocycles. The normalized spacial score (nSPS) is 24.6. The molecule has 0 aromatic rings. The van der Waals surface area contributed by atoms with Crippen molar-refractivity contribution >= 4 is 22.0 Å². The number of hydrogen-bond acceptors (Lipinski definition) is 3. The fourth-order valence-electron chi connectivity index (χ4n) is 1.50. The van der Waals surface area contributed by atoms with Gasteiger partial charge in [-0.1, -0.05) is 15.9 Å². The van der Waals surface area contributed by atoms with E-state index in [2.05, 4.69) is 15.9 Å². The predicted octanol–water partition coefficient (Wildman–Crippen LogP) is 2.65. The van der Waals surface area contributed by atoms with Gasteiger partial charge >= 0.3 is 6.09 Å². The molecule has 1 aliphatic rings. The zero-order valence-corrected chi connectivity index (χ0v) is 12.3. The van der Waals surface area contributed by atoms with E-state index in [1.165, 1.54) is 0 Å². The van der Waals surface area contributed by atoms with Crippen molar-refractivity contribution in [2.75, 3.05) is 25.0 Å².